The van der Waals surface area contributed by atoms with E-state index in [2.05, 4.69) is 6.92 Å². The molecule has 0 saturated heterocycles. The fraction of sp³-hybridized carbons (Fsp3) is 0.786. The van der Waals surface area contributed by atoms with Crippen molar-refractivity contribution in [3.63, 3.8) is 0 Å². The highest BCUT2D eigenvalue weighted by Crippen LogP contribution is 2.08. The van der Waals surface area contributed by atoms with Gasteiger partial charge in [-0.3, -0.25) is 4.79 Å². The van der Waals surface area contributed by atoms with Gasteiger partial charge in [-0.25, -0.2) is 0 Å². The zero-order chi connectivity index (χ0) is 12.8. The minimum absolute atomic E-state index is 0.164. The van der Waals surface area contributed by atoms with Crippen LogP contribution in [0.15, 0.2) is 11.8 Å². The van der Waals surface area contributed by atoms with Crippen molar-refractivity contribution in [1.29, 1.82) is 0 Å². The van der Waals surface area contributed by atoms with E-state index in [1.807, 2.05) is 13.0 Å². The summed E-state index contributed by atoms with van der Waals surface area (Å²) in [6, 6.07) is 0. The van der Waals surface area contributed by atoms with Gasteiger partial charge in [-0.05, 0) is 25.8 Å². The first kappa shape index (κ1) is 16.2. The number of unbranched alkanes of at least 4 members (excludes halogenated alkanes) is 6. The maximum absolute atomic E-state index is 10.7. The lowest BCUT2D eigenvalue weighted by atomic mass is 10.1. The Morgan fingerprint density at radius 1 is 1.06 bits per heavy atom. The number of aldehydes is 1. The van der Waals surface area contributed by atoms with Crippen LogP contribution in [0.4, 0.5) is 0 Å². The lowest BCUT2D eigenvalue weighted by Crippen LogP contribution is -2.00. The molecule has 0 unspecified atom stereocenters. The van der Waals surface area contributed by atoms with E-state index in [0.29, 0.717) is 12.4 Å². The number of hydrogen-bond donors (Lipinski definition) is 0. The quantitative estimate of drug-likeness (QED) is 0.171. The molecule has 17 heavy (non-hydrogen) atoms. The fourth-order valence-electron chi connectivity index (χ4n) is 1.50. The molecule has 0 aromatic rings. The van der Waals surface area contributed by atoms with Crippen LogP contribution in [0.3, 0.4) is 0 Å². The van der Waals surface area contributed by atoms with Crippen molar-refractivity contribution in [2.75, 3.05) is 13.4 Å². The molecule has 0 aromatic carbocycles. The van der Waals surface area contributed by atoms with Gasteiger partial charge in [0.2, 0.25) is 0 Å². The standard InChI is InChI=1S/C14H26O3/c1-3-5-6-7-8-9-10-11-14(12-15)17-13-16-4-2/h11-12H,3-10,13H2,1-2H3/b14-11+. The predicted molar refractivity (Wildman–Crippen MR) is 69.7 cm³/mol. The van der Waals surface area contributed by atoms with Crippen molar-refractivity contribution in [2.24, 2.45) is 0 Å². The van der Waals surface area contributed by atoms with Gasteiger partial charge >= 0.3 is 0 Å². The summed E-state index contributed by atoms with van der Waals surface area (Å²) in [5, 5.41) is 0. The van der Waals surface area contributed by atoms with Gasteiger partial charge in [0.25, 0.3) is 0 Å². The third kappa shape index (κ3) is 11.4. The Balaban J connectivity index is 3.47. The van der Waals surface area contributed by atoms with Crippen molar-refractivity contribution >= 4 is 6.29 Å². The van der Waals surface area contributed by atoms with E-state index in [9.17, 15) is 4.79 Å². The molecule has 0 bridgehead atoms. The lowest BCUT2D eigenvalue weighted by Gasteiger charge is -2.04. The normalized spacial score (nSPS) is 11.5. The van der Waals surface area contributed by atoms with Crippen LogP contribution in [0.1, 0.15) is 58.8 Å². The lowest BCUT2D eigenvalue weighted by molar-refractivity contribution is -0.110. The van der Waals surface area contributed by atoms with Gasteiger partial charge < -0.3 is 9.47 Å². The van der Waals surface area contributed by atoms with E-state index in [-0.39, 0.29) is 6.79 Å². The van der Waals surface area contributed by atoms with Gasteiger partial charge in [-0.15, -0.1) is 0 Å². The third-order valence-corrected chi connectivity index (χ3v) is 2.53. The Bertz CT molecular complexity index is 200. The van der Waals surface area contributed by atoms with Crippen LogP contribution in [-0.2, 0) is 14.3 Å². The summed E-state index contributed by atoms with van der Waals surface area (Å²) < 4.78 is 10.2. The largest absolute Gasteiger partial charge is 0.464 e. The molecule has 0 atom stereocenters. The Hall–Kier alpha value is -0.830. The fourth-order valence-corrected chi connectivity index (χ4v) is 1.50. The van der Waals surface area contributed by atoms with Crippen molar-refractivity contribution < 1.29 is 14.3 Å². The van der Waals surface area contributed by atoms with Crippen LogP contribution < -0.4 is 0 Å². The van der Waals surface area contributed by atoms with E-state index in [0.717, 1.165) is 19.1 Å². The molecule has 0 saturated carbocycles. The maximum Gasteiger partial charge on any atom is 0.189 e. The Morgan fingerprint density at radius 3 is 2.41 bits per heavy atom. The van der Waals surface area contributed by atoms with Crippen LogP contribution in [0.2, 0.25) is 0 Å². The second-order valence-electron chi connectivity index (χ2n) is 4.04. The molecule has 3 heteroatoms. The minimum atomic E-state index is 0.164. The SMILES string of the molecule is CCCCCCCC/C=C(\C=O)OCOCC. The number of ether oxygens (including phenoxy) is 2. The molecule has 0 amide bonds. The van der Waals surface area contributed by atoms with E-state index in [1.165, 1.54) is 32.1 Å². The van der Waals surface area contributed by atoms with Crippen LogP contribution in [0.25, 0.3) is 0 Å². The second kappa shape index (κ2) is 13.2. The van der Waals surface area contributed by atoms with Crippen LogP contribution >= 0.6 is 0 Å². The molecular formula is C14H26O3. The summed E-state index contributed by atoms with van der Waals surface area (Å²) in [6.45, 7) is 4.87. The summed E-state index contributed by atoms with van der Waals surface area (Å²) in [6.07, 6.45) is 11.1. The first-order chi connectivity index (χ1) is 8.35. The summed E-state index contributed by atoms with van der Waals surface area (Å²) >= 11 is 0. The molecule has 0 fully saturated rings. The van der Waals surface area contributed by atoms with Gasteiger partial charge in [0.15, 0.2) is 18.8 Å². The Kier molecular flexibility index (Phi) is 12.6. The van der Waals surface area contributed by atoms with Gasteiger partial charge in [-0.2, -0.15) is 0 Å². The smallest absolute Gasteiger partial charge is 0.189 e. The molecular weight excluding hydrogens is 216 g/mol. The zero-order valence-electron chi connectivity index (χ0n) is 11.2. The third-order valence-electron chi connectivity index (χ3n) is 2.53. The highest BCUT2D eigenvalue weighted by molar-refractivity contribution is 5.69. The number of allylic oxidation sites excluding steroid dienone is 2. The Labute approximate surface area is 105 Å². The molecule has 0 aliphatic carbocycles. The number of hydrogen-bond acceptors (Lipinski definition) is 3. The summed E-state index contributed by atoms with van der Waals surface area (Å²) in [5.41, 5.74) is 0. The highest BCUT2D eigenvalue weighted by Gasteiger charge is 1.95. The molecule has 0 N–H and O–H groups in total. The van der Waals surface area contributed by atoms with Gasteiger partial charge in [-0.1, -0.05) is 39.0 Å². The highest BCUT2D eigenvalue weighted by atomic mass is 16.7. The molecule has 0 spiro atoms. The molecule has 100 valence electrons. The van der Waals surface area contributed by atoms with E-state index in [1.54, 1.807) is 0 Å². The van der Waals surface area contributed by atoms with Gasteiger partial charge in [0.1, 0.15) is 0 Å². The molecule has 3 nitrogen and oxygen atoms in total. The van der Waals surface area contributed by atoms with Gasteiger partial charge in [0.05, 0.1) is 0 Å². The number of carbonyl (C=O) groups is 1. The van der Waals surface area contributed by atoms with E-state index >= 15 is 0 Å². The van der Waals surface area contributed by atoms with Crippen LogP contribution in [0.5, 0.6) is 0 Å². The zero-order valence-corrected chi connectivity index (χ0v) is 11.2. The molecule has 0 aliphatic heterocycles. The van der Waals surface area contributed by atoms with Crippen molar-refractivity contribution in [3.8, 4) is 0 Å². The number of carbonyl (C=O) groups excluding carboxylic acids is 1. The van der Waals surface area contributed by atoms with Crippen LogP contribution in [0, 0.1) is 0 Å². The first-order valence-electron chi connectivity index (χ1n) is 6.71. The molecule has 0 aromatic heterocycles. The van der Waals surface area contributed by atoms with E-state index < -0.39 is 0 Å². The average molecular weight is 242 g/mol. The topological polar surface area (TPSA) is 35.5 Å². The Morgan fingerprint density at radius 2 is 1.76 bits per heavy atom. The van der Waals surface area contributed by atoms with E-state index in [4.69, 9.17) is 9.47 Å². The van der Waals surface area contributed by atoms with Gasteiger partial charge in [0, 0.05) is 6.61 Å². The summed E-state index contributed by atoms with van der Waals surface area (Å²) in [7, 11) is 0. The minimum Gasteiger partial charge on any atom is -0.464 e. The second-order valence-corrected chi connectivity index (χ2v) is 4.04. The summed E-state index contributed by atoms with van der Waals surface area (Å²) in [5.74, 6) is 0.395. The average Bonchev–Trinajstić information content (AvgIpc) is 2.35. The monoisotopic (exact) mass is 242 g/mol. The predicted octanol–water partition coefficient (Wildman–Crippen LogP) is 3.83. The molecule has 0 rings (SSSR count). The molecule has 0 aliphatic rings. The van der Waals surface area contributed by atoms with Crippen molar-refractivity contribution in [1.82, 2.24) is 0 Å². The van der Waals surface area contributed by atoms with Crippen molar-refractivity contribution in [3.05, 3.63) is 11.8 Å². The summed E-state index contributed by atoms with van der Waals surface area (Å²) in [4.78, 5) is 10.7. The van der Waals surface area contributed by atoms with Crippen molar-refractivity contribution in [2.45, 2.75) is 58.8 Å². The van der Waals surface area contributed by atoms with Crippen LogP contribution in [-0.4, -0.2) is 19.7 Å². The first-order valence-corrected chi connectivity index (χ1v) is 6.71. The molecule has 0 radical (unpaired) electrons. The maximum atomic E-state index is 10.7. The number of rotatable bonds is 12. The molecule has 0 heterocycles.